The van der Waals surface area contributed by atoms with Crippen LogP contribution in [0.15, 0.2) is 29.2 Å². The van der Waals surface area contributed by atoms with Gasteiger partial charge in [-0.3, -0.25) is 0 Å². The minimum Gasteiger partial charge on any atom is -0.478 e. The van der Waals surface area contributed by atoms with Gasteiger partial charge < -0.3 is 10.2 Å². The zero-order chi connectivity index (χ0) is 14.9. The highest BCUT2D eigenvalue weighted by Gasteiger charge is 2.34. The molecule has 1 aromatic carbocycles. The van der Waals surface area contributed by atoms with Crippen molar-refractivity contribution in [2.75, 3.05) is 13.1 Å². The number of benzene rings is 1. The zero-order valence-electron chi connectivity index (χ0n) is 11.1. The summed E-state index contributed by atoms with van der Waals surface area (Å²) in [5.41, 5.74) is -0.0580. The van der Waals surface area contributed by atoms with Crippen LogP contribution in [-0.2, 0) is 10.0 Å². The second-order valence-electron chi connectivity index (χ2n) is 4.99. The van der Waals surface area contributed by atoms with Crippen LogP contribution in [0.2, 0.25) is 0 Å². The minimum atomic E-state index is -3.70. The van der Waals surface area contributed by atoms with Crippen molar-refractivity contribution in [1.82, 2.24) is 4.31 Å². The molecule has 7 heteroatoms. The fourth-order valence-electron chi connectivity index (χ4n) is 2.30. The monoisotopic (exact) mass is 299 g/mol. The molecule has 0 saturated carbocycles. The van der Waals surface area contributed by atoms with Gasteiger partial charge in [-0.25, -0.2) is 13.2 Å². The molecule has 0 spiro atoms. The molecule has 1 aromatic rings. The number of aliphatic hydroxyl groups is 1. The molecule has 110 valence electrons. The smallest absolute Gasteiger partial charge is 0.335 e. The number of hydrogen-bond acceptors (Lipinski definition) is 4. The van der Waals surface area contributed by atoms with E-state index in [-0.39, 0.29) is 22.9 Å². The molecule has 6 nitrogen and oxygen atoms in total. The topological polar surface area (TPSA) is 94.9 Å². The average Bonchev–Trinajstić information content (AvgIpc) is 2.89. The third-order valence-electron chi connectivity index (χ3n) is 3.59. The summed E-state index contributed by atoms with van der Waals surface area (Å²) >= 11 is 0. The lowest BCUT2D eigenvalue weighted by Gasteiger charge is -2.17. The van der Waals surface area contributed by atoms with Gasteiger partial charge in [0.15, 0.2) is 0 Å². The Morgan fingerprint density at radius 2 is 2.15 bits per heavy atom. The molecule has 2 rings (SSSR count). The Hall–Kier alpha value is -1.44. The Morgan fingerprint density at radius 3 is 2.70 bits per heavy atom. The van der Waals surface area contributed by atoms with E-state index in [4.69, 9.17) is 5.11 Å². The number of carboxylic acids is 1. The number of rotatable bonds is 4. The number of aliphatic hydroxyl groups excluding tert-OH is 1. The SMILES string of the molecule is CC(O)C1CCN(S(=O)(=O)c2cccc(C(=O)O)c2)C1. The Balaban J connectivity index is 2.27. The third-order valence-corrected chi connectivity index (χ3v) is 5.45. The Morgan fingerprint density at radius 1 is 1.45 bits per heavy atom. The molecule has 20 heavy (non-hydrogen) atoms. The highest BCUT2D eigenvalue weighted by Crippen LogP contribution is 2.26. The van der Waals surface area contributed by atoms with E-state index in [1.165, 1.54) is 22.5 Å². The van der Waals surface area contributed by atoms with Crippen molar-refractivity contribution in [2.24, 2.45) is 5.92 Å². The normalized spacial score (nSPS) is 21.8. The molecule has 0 aromatic heterocycles. The lowest BCUT2D eigenvalue weighted by atomic mass is 10.0. The summed E-state index contributed by atoms with van der Waals surface area (Å²) in [6.45, 7) is 2.25. The molecular weight excluding hydrogens is 282 g/mol. The van der Waals surface area contributed by atoms with Crippen LogP contribution in [0.4, 0.5) is 0 Å². The molecule has 1 saturated heterocycles. The lowest BCUT2D eigenvalue weighted by molar-refractivity contribution is 0.0696. The number of nitrogens with zero attached hydrogens (tertiary/aromatic N) is 1. The summed E-state index contributed by atoms with van der Waals surface area (Å²) in [6.07, 6.45) is 0.0516. The van der Waals surface area contributed by atoms with Gasteiger partial charge in [0.05, 0.1) is 16.6 Å². The maximum Gasteiger partial charge on any atom is 0.335 e. The molecule has 2 atom stereocenters. The van der Waals surface area contributed by atoms with Crippen LogP contribution in [0.3, 0.4) is 0 Å². The Kier molecular flexibility index (Phi) is 4.12. The highest BCUT2D eigenvalue weighted by atomic mass is 32.2. The summed E-state index contributed by atoms with van der Waals surface area (Å²) in [5, 5.41) is 18.4. The molecule has 0 radical (unpaired) electrons. The van der Waals surface area contributed by atoms with Crippen molar-refractivity contribution in [2.45, 2.75) is 24.3 Å². The first-order chi connectivity index (χ1) is 9.32. The molecule has 1 aliphatic heterocycles. The van der Waals surface area contributed by atoms with Gasteiger partial charge in [-0.05, 0) is 37.5 Å². The van der Waals surface area contributed by atoms with E-state index in [0.717, 1.165) is 6.07 Å². The van der Waals surface area contributed by atoms with Crippen LogP contribution < -0.4 is 0 Å². The molecule has 0 amide bonds. The maximum absolute atomic E-state index is 12.4. The summed E-state index contributed by atoms with van der Waals surface area (Å²) in [6, 6.07) is 5.31. The zero-order valence-corrected chi connectivity index (χ0v) is 11.9. The standard InChI is InChI=1S/C13H17NO5S/c1-9(15)11-5-6-14(8-11)20(18,19)12-4-2-3-10(7-12)13(16)17/h2-4,7,9,11,15H,5-6,8H2,1H3,(H,16,17). The van der Waals surface area contributed by atoms with Gasteiger partial charge >= 0.3 is 5.97 Å². The summed E-state index contributed by atoms with van der Waals surface area (Å²) in [5.74, 6) is -1.24. The van der Waals surface area contributed by atoms with Crippen molar-refractivity contribution in [3.05, 3.63) is 29.8 Å². The van der Waals surface area contributed by atoms with Crippen molar-refractivity contribution < 1.29 is 23.4 Å². The maximum atomic E-state index is 12.4. The Bertz CT molecular complexity index is 611. The van der Waals surface area contributed by atoms with Crippen LogP contribution in [0.25, 0.3) is 0 Å². The van der Waals surface area contributed by atoms with Gasteiger partial charge in [0.1, 0.15) is 0 Å². The van der Waals surface area contributed by atoms with Crippen molar-refractivity contribution >= 4 is 16.0 Å². The molecule has 1 heterocycles. The van der Waals surface area contributed by atoms with E-state index in [1.807, 2.05) is 0 Å². The van der Waals surface area contributed by atoms with Gasteiger partial charge in [-0.2, -0.15) is 4.31 Å². The second kappa shape index (κ2) is 5.51. The predicted molar refractivity (Wildman–Crippen MR) is 71.9 cm³/mol. The summed E-state index contributed by atoms with van der Waals surface area (Å²) in [7, 11) is -3.70. The number of carbonyl (C=O) groups is 1. The quantitative estimate of drug-likeness (QED) is 0.856. The molecule has 0 aliphatic carbocycles. The largest absolute Gasteiger partial charge is 0.478 e. The average molecular weight is 299 g/mol. The highest BCUT2D eigenvalue weighted by molar-refractivity contribution is 7.89. The van der Waals surface area contributed by atoms with Gasteiger partial charge in [-0.1, -0.05) is 6.07 Å². The van der Waals surface area contributed by atoms with Crippen molar-refractivity contribution in [1.29, 1.82) is 0 Å². The van der Waals surface area contributed by atoms with Gasteiger partial charge in [-0.15, -0.1) is 0 Å². The van der Waals surface area contributed by atoms with E-state index in [9.17, 15) is 18.3 Å². The van der Waals surface area contributed by atoms with Gasteiger partial charge in [0.2, 0.25) is 10.0 Å². The van der Waals surface area contributed by atoms with Crippen molar-refractivity contribution in [3.8, 4) is 0 Å². The third kappa shape index (κ3) is 2.84. The summed E-state index contributed by atoms with van der Waals surface area (Å²) < 4.78 is 26.2. The Labute approximate surface area is 117 Å². The van der Waals surface area contributed by atoms with E-state index in [2.05, 4.69) is 0 Å². The molecule has 1 aliphatic rings. The second-order valence-corrected chi connectivity index (χ2v) is 6.92. The van der Waals surface area contributed by atoms with Gasteiger partial charge in [0, 0.05) is 13.1 Å². The molecule has 2 unspecified atom stereocenters. The lowest BCUT2D eigenvalue weighted by Crippen LogP contribution is -2.30. The number of carboxylic acid groups (broad SMARTS) is 1. The predicted octanol–water partition coefficient (Wildman–Crippen LogP) is 0.776. The van der Waals surface area contributed by atoms with E-state index < -0.39 is 22.1 Å². The fraction of sp³-hybridized carbons (Fsp3) is 0.462. The molecule has 2 N–H and O–H groups in total. The van der Waals surface area contributed by atoms with Crippen molar-refractivity contribution in [3.63, 3.8) is 0 Å². The molecular formula is C13H17NO5S. The first kappa shape index (κ1) is 15.0. The van der Waals surface area contributed by atoms with Crippen LogP contribution >= 0.6 is 0 Å². The number of hydrogen-bond donors (Lipinski definition) is 2. The van der Waals surface area contributed by atoms with E-state index >= 15 is 0 Å². The fourth-order valence-corrected chi connectivity index (χ4v) is 3.86. The van der Waals surface area contributed by atoms with Gasteiger partial charge in [0.25, 0.3) is 0 Å². The van der Waals surface area contributed by atoms with E-state index in [1.54, 1.807) is 6.92 Å². The first-order valence-electron chi connectivity index (χ1n) is 6.34. The molecule has 1 fully saturated rings. The van der Waals surface area contributed by atoms with E-state index in [0.29, 0.717) is 13.0 Å². The molecule has 0 bridgehead atoms. The minimum absolute atomic E-state index is 0.0244. The van der Waals surface area contributed by atoms with Crippen LogP contribution in [0.5, 0.6) is 0 Å². The number of aromatic carboxylic acids is 1. The van der Waals surface area contributed by atoms with Crippen LogP contribution in [0.1, 0.15) is 23.7 Å². The van der Waals surface area contributed by atoms with Crippen LogP contribution in [-0.4, -0.2) is 48.1 Å². The first-order valence-corrected chi connectivity index (χ1v) is 7.78. The number of sulfonamides is 1. The van der Waals surface area contributed by atoms with Crippen LogP contribution in [0, 0.1) is 5.92 Å². The summed E-state index contributed by atoms with van der Waals surface area (Å²) in [4.78, 5) is 10.9.